The molecule has 1 aromatic rings. The summed E-state index contributed by atoms with van der Waals surface area (Å²) in [6.07, 6.45) is 3.54. The van der Waals surface area contributed by atoms with Crippen LogP contribution in [0.5, 0.6) is 5.75 Å². The second-order valence-electron chi connectivity index (χ2n) is 6.82. The highest BCUT2D eigenvalue weighted by Crippen LogP contribution is 2.23. The predicted octanol–water partition coefficient (Wildman–Crippen LogP) is 2.52. The van der Waals surface area contributed by atoms with Crippen molar-refractivity contribution in [2.45, 2.75) is 45.1 Å². The number of para-hydroxylation sites is 1. The fraction of sp³-hybridized carbons (Fsp3) is 0.611. The van der Waals surface area contributed by atoms with Gasteiger partial charge in [0.15, 0.2) is 0 Å². The van der Waals surface area contributed by atoms with Crippen molar-refractivity contribution in [1.82, 2.24) is 10.6 Å². The number of ether oxygens (including phenoxy) is 1. The van der Waals surface area contributed by atoms with Crippen LogP contribution >= 0.6 is 0 Å². The van der Waals surface area contributed by atoms with Gasteiger partial charge in [-0.2, -0.15) is 0 Å². The lowest BCUT2D eigenvalue weighted by Crippen LogP contribution is -2.45. The molecule has 1 saturated heterocycles. The van der Waals surface area contributed by atoms with Gasteiger partial charge in [-0.1, -0.05) is 18.2 Å². The molecule has 1 heterocycles. The summed E-state index contributed by atoms with van der Waals surface area (Å²) in [6, 6.07) is 7.98. The highest BCUT2D eigenvalue weighted by atomic mass is 16.5. The van der Waals surface area contributed by atoms with Crippen LogP contribution in [0, 0.1) is 5.92 Å². The van der Waals surface area contributed by atoms with E-state index in [4.69, 9.17) is 4.74 Å². The Morgan fingerprint density at radius 1 is 1.41 bits per heavy atom. The van der Waals surface area contributed by atoms with E-state index in [9.17, 15) is 4.79 Å². The summed E-state index contributed by atoms with van der Waals surface area (Å²) in [7, 11) is 1.68. The molecule has 0 spiro atoms. The lowest BCUT2D eigenvalue weighted by Gasteiger charge is -2.27. The Morgan fingerprint density at radius 2 is 2.18 bits per heavy atom. The molecule has 1 aliphatic rings. The number of hydrogen-bond acceptors (Lipinski definition) is 3. The maximum absolute atomic E-state index is 12.2. The molecule has 4 heteroatoms. The molecule has 122 valence electrons. The first-order chi connectivity index (χ1) is 10.5. The summed E-state index contributed by atoms with van der Waals surface area (Å²) in [5.74, 6) is 1.68. The second-order valence-corrected chi connectivity index (χ2v) is 6.82. The van der Waals surface area contributed by atoms with Crippen molar-refractivity contribution in [1.29, 1.82) is 0 Å². The molecular weight excluding hydrogens is 276 g/mol. The molecule has 1 amide bonds. The number of benzene rings is 1. The topological polar surface area (TPSA) is 50.4 Å². The first-order valence-electron chi connectivity index (χ1n) is 8.14. The molecular formula is C18H28N2O2. The van der Waals surface area contributed by atoms with E-state index >= 15 is 0 Å². The van der Waals surface area contributed by atoms with Gasteiger partial charge in [0.2, 0.25) is 5.91 Å². The van der Waals surface area contributed by atoms with Gasteiger partial charge in [0.05, 0.1) is 7.11 Å². The summed E-state index contributed by atoms with van der Waals surface area (Å²) in [6.45, 7) is 6.27. The third-order valence-corrected chi connectivity index (χ3v) is 4.24. The summed E-state index contributed by atoms with van der Waals surface area (Å²) in [5, 5.41) is 6.51. The van der Waals surface area contributed by atoms with Crippen LogP contribution in [0.15, 0.2) is 24.3 Å². The predicted molar refractivity (Wildman–Crippen MR) is 89.1 cm³/mol. The molecule has 1 aliphatic heterocycles. The average molecular weight is 304 g/mol. The smallest absolute Gasteiger partial charge is 0.220 e. The van der Waals surface area contributed by atoms with E-state index < -0.39 is 0 Å². The van der Waals surface area contributed by atoms with Gasteiger partial charge in [-0.05, 0) is 63.7 Å². The van der Waals surface area contributed by atoms with Crippen LogP contribution in [-0.2, 0) is 11.2 Å². The van der Waals surface area contributed by atoms with E-state index in [1.165, 1.54) is 6.42 Å². The Hall–Kier alpha value is -1.55. The Kier molecular flexibility index (Phi) is 5.83. The molecule has 1 aromatic carbocycles. The van der Waals surface area contributed by atoms with Gasteiger partial charge in [-0.25, -0.2) is 0 Å². The standard InChI is InChI=1S/C18H28N2O2/c1-18(2,12-15-6-4-5-7-16(15)22-3)20-17(21)9-8-14-10-11-19-13-14/h4-7,14,19H,8-13H2,1-3H3,(H,20,21). The van der Waals surface area contributed by atoms with Crippen LogP contribution in [-0.4, -0.2) is 31.6 Å². The fourth-order valence-corrected chi connectivity index (χ4v) is 3.11. The molecule has 0 saturated carbocycles. The number of amides is 1. The SMILES string of the molecule is COc1ccccc1CC(C)(C)NC(=O)CCC1CCNC1. The van der Waals surface area contributed by atoms with E-state index in [1.807, 2.05) is 18.2 Å². The number of carbonyl (C=O) groups is 1. The van der Waals surface area contributed by atoms with Gasteiger partial charge < -0.3 is 15.4 Å². The lowest BCUT2D eigenvalue weighted by molar-refractivity contribution is -0.122. The molecule has 4 nitrogen and oxygen atoms in total. The normalized spacial score (nSPS) is 18.2. The van der Waals surface area contributed by atoms with E-state index in [0.29, 0.717) is 12.3 Å². The Labute approximate surface area is 133 Å². The van der Waals surface area contributed by atoms with Gasteiger partial charge >= 0.3 is 0 Å². The molecule has 1 atom stereocenters. The van der Waals surface area contributed by atoms with Crippen molar-refractivity contribution in [2.75, 3.05) is 20.2 Å². The molecule has 0 aliphatic carbocycles. The van der Waals surface area contributed by atoms with Crippen molar-refractivity contribution in [3.63, 3.8) is 0 Å². The fourth-order valence-electron chi connectivity index (χ4n) is 3.11. The van der Waals surface area contributed by atoms with Gasteiger partial charge in [-0.15, -0.1) is 0 Å². The number of nitrogens with one attached hydrogen (secondary N) is 2. The molecule has 2 N–H and O–H groups in total. The molecule has 1 fully saturated rings. The first-order valence-corrected chi connectivity index (χ1v) is 8.14. The second kappa shape index (κ2) is 7.63. The van der Waals surface area contributed by atoms with Crippen molar-refractivity contribution in [2.24, 2.45) is 5.92 Å². The summed E-state index contributed by atoms with van der Waals surface area (Å²) in [5.41, 5.74) is 0.843. The van der Waals surface area contributed by atoms with Crippen molar-refractivity contribution < 1.29 is 9.53 Å². The van der Waals surface area contributed by atoms with Crippen molar-refractivity contribution in [3.05, 3.63) is 29.8 Å². The van der Waals surface area contributed by atoms with Gasteiger partial charge in [0.25, 0.3) is 0 Å². The van der Waals surface area contributed by atoms with Crippen molar-refractivity contribution >= 4 is 5.91 Å². The highest BCUT2D eigenvalue weighted by Gasteiger charge is 2.23. The van der Waals surface area contributed by atoms with Crippen LogP contribution in [0.3, 0.4) is 0 Å². The summed E-state index contributed by atoms with van der Waals surface area (Å²) >= 11 is 0. The van der Waals surface area contributed by atoms with Crippen LogP contribution < -0.4 is 15.4 Å². The number of carbonyl (C=O) groups excluding carboxylic acids is 1. The molecule has 2 rings (SSSR count). The lowest BCUT2D eigenvalue weighted by atomic mass is 9.93. The Morgan fingerprint density at radius 3 is 2.86 bits per heavy atom. The minimum absolute atomic E-state index is 0.145. The Bertz CT molecular complexity index is 494. The molecule has 0 aromatic heterocycles. The largest absolute Gasteiger partial charge is 0.496 e. The summed E-state index contributed by atoms with van der Waals surface area (Å²) < 4.78 is 5.39. The van der Waals surface area contributed by atoms with Crippen LogP contribution in [0.1, 0.15) is 38.7 Å². The van der Waals surface area contributed by atoms with E-state index in [1.54, 1.807) is 7.11 Å². The first kappa shape index (κ1) is 16.8. The zero-order valence-electron chi connectivity index (χ0n) is 13.9. The highest BCUT2D eigenvalue weighted by molar-refractivity contribution is 5.76. The van der Waals surface area contributed by atoms with E-state index in [0.717, 1.165) is 37.2 Å². The average Bonchev–Trinajstić information content (AvgIpc) is 2.98. The molecule has 0 bridgehead atoms. The number of rotatable bonds is 7. The molecule has 22 heavy (non-hydrogen) atoms. The van der Waals surface area contributed by atoms with E-state index in [-0.39, 0.29) is 11.4 Å². The van der Waals surface area contributed by atoms with Gasteiger partial charge in [0.1, 0.15) is 5.75 Å². The monoisotopic (exact) mass is 304 g/mol. The third kappa shape index (κ3) is 5.02. The van der Waals surface area contributed by atoms with Crippen LogP contribution in [0.4, 0.5) is 0 Å². The summed E-state index contributed by atoms with van der Waals surface area (Å²) in [4.78, 5) is 12.2. The minimum Gasteiger partial charge on any atom is -0.496 e. The minimum atomic E-state index is -0.278. The third-order valence-electron chi connectivity index (χ3n) is 4.24. The number of methoxy groups -OCH3 is 1. The molecule has 1 unspecified atom stereocenters. The molecule has 0 radical (unpaired) electrons. The van der Waals surface area contributed by atoms with E-state index in [2.05, 4.69) is 30.5 Å². The number of hydrogen-bond donors (Lipinski definition) is 2. The maximum Gasteiger partial charge on any atom is 0.220 e. The van der Waals surface area contributed by atoms with Crippen molar-refractivity contribution in [3.8, 4) is 5.75 Å². The zero-order chi connectivity index (χ0) is 16.0. The zero-order valence-corrected chi connectivity index (χ0v) is 13.9. The van der Waals surface area contributed by atoms with Crippen LogP contribution in [0.2, 0.25) is 0 Å². The van der Waals surface area contributed by atoms with Gasteiger partial charge in [-0.3, -0.25) is 4.79 Å². The van der Waals surface area contributed by atoms with Gasteiger partial charge in [0, 0.05) is 12.0 Å². The van der Waals surface area contributed by atoms with Crippen LogP contribution in [0.25, 0.3) is 0 Å². The maximum atomic E-state index is 12.2. The quantitative estimate of drug-likeness (QED) is 0.814. The Balaban J connectivity index is 1.85.